The Kier molecular flexibility index (Phi) is 4.38. The number of aromatic nitrogens is 2. The lowest BCUT2D eigenvalue weighted by molar-refractivity contribution is -0.137. The highest BCUT2D eigenvalue weighted by Crippen LogP contribution is 2.30. The highest BCUT2D eigenvalue weighted by atomic mass is 19.4. The molecule has 0 spiro atoms. The molecule has 9 heteroatoms. The standard InChI is InChI=1S/C19H15F3N4O2/c20-19(21,22)13-4-1-10(2-5-13)7-14(23)18-25-17(26-28-18)11-3-6-15-12(8-11)9-16(27)24-15/h1-6,8,14H,7,9,23H2,(H,24,27). The number of rotatable bonds is 4. The van der Waals surface area contributed by atoms with Crippen molar-refractivity contribution in [2.24, 2.45) is 5.73 Å². The summed E-state index contributed by atoms with van der Waals surface area (Å²) >= 11 is 0. The molecule has 1 amide bonds. The molecule has 0 saturated carbocycles. The van der Waals surface area contributed by atoms with E-state index in [0.29, 0.717) is 23.4 Å². The van der Waals surface area contributed by atoms with Crippen LogP contribution in [-0.4, -0.2) is 16.0 Å². The van der Waals surface area contributed by atoms with Crippen LogP contribution in [0.1, 0.15) is 28.6 Å². The topological polar surface area (TPSA) is 94.0 Å². The van der Waals surface area contributed by atoms with E-state index >= 15 is 0 Å². The number of hydrogen-bond acceptors (Lipinski definition) is 5. The third kappa shape index (κ3) is 3.61. The first-order chi connectivity index (χ1) is 13.3. The van der Waals surface area contributed by atoms with Gasteiger partial charge >= 0.3 is 6.18 Å². The van der Waals surface area contributed by atoms with Gasteiger partial charge in [0.1, 0.15) is 0 Å². The third-order valence-electron chi connectivity index (χ3n) is 4.48. The number of fused-ring (bicyclic) bond motifs is 1. The number of hydrogen-bond donors (Lipinski definition) is 2. The number of nitrogens with one attached hydrogen (secondary N) is 1. The monoisotopic (exact) mass is 388 g/mol. The molecule has 6 nitrogen and oxygen atoms in total. The van der Waals surface area contributed by atoms with Gasteiger partial charge in [-0.25, -0.2) is 0 Å². The maximum absolute atomic E-state index is 12.6. The van der Waals surface area contributed by atoms with Crippen LogP contribution in [0.5, 0.6) is 0 Å². The van der Waals surface area contributed by atoms with Crippen molar-refractivity contribution < 1.29 is 22.5 Å². The van der Waals surface area contributed by atoms with Crippen molar-refractivity contribution in [2.45, 2.75) is 25.1 Å². The first kappa shape index (κ1) is 18.2. The number of carbonyl (C=O) groups excluding carboxylic acids is 1. The van der Waals surface area contributed by atoms with E-state index in [0.717, 1.165) is 23.4 Å². The summed E-state index contributed by atoms with van der Waals surface area (Å²) in [6.07, 6.45) is -3.83. The van der Waals surface area contributed by atoms with Crippen molar-refractivity contribution in [3.63, 3.8) is 0 Å². The van der Waals surface area contributed by atoms with Crippen molar-refractivity contribution in [2.75, 3.05) is 5.32 Å². The van der Waals surface area contributed by atoms with Gasteiger partial charge in [-0.05, 0) is 47.9 Å². The largest absolute Gasteiger partial charge is 0.416 e. The summed E-state index contributed by atoms with van der Waals surface area (Å²) in [7, 11) is 0. The molecule has 0 fully saturated rings. The Bertz CT molecular complexity index is 1030. The summed E-state index contributed by atoms with van der Waals surface area (Å²) in [5.41, 5.74) is 8.29. The smallest absolute Gasteiger partial charge is 0.337 e. The molecule has 1 aliphatic heterocycles. The van der Waals surface area contributed by atoms with Gasteiger partial charge < -0.3 is 15.6 Å². The highest BCUT2D eigenvalue weighted by Gasteiger charge is 2.30. The number of nitrogens with zero attached hydrogens (tertiary/aromatic N) is 2. The Morgan fingerprint density at radius 1 is 1.18 bits per heavy atom. The number of amides is 1. The normalized spacial score (nSPS) is 14.6. The Balaban J connectivity index is 1.48. The van der Waals surface area contributed by atoms with Crippen LogP contribution >= 0.6 is 0 Å². The average Bonchev–Trinajstić information content (AvgIpc) is 3.26. The molecule has 0 saturated heterocycles. The van der Waals surface area contributed by atoms with Gasteiger partial charge in [0, 0.05) is 11.3 Å². The Morgan fingerprint density at radius 3 is 2.64 bits per heavy atom. The second-order valence-electron chi connectivity index (χ2n) is 6.56. The van der Waals surface area contributed by atoms with Gasteiger partial charge in [-0.2, -0.15) is 18.2 Å². The minimum absolute atomic E-state index is 0.0699. The Labute approximate surface area is 157 Å². The molecule has 0 bridgehead atoms. The molecule has 3 aromatic rings. The van der Waals surface area contributed by atoms with Gasteiger partial charge in [-0.1, -0.05) is 17.3 Å². The Hall–Kier alpha value is -3.20. The molecule has 2 heterocycles. The molecular formula is C19H15F3N4O2. The minimum Gasteiger partial charge on any atom is -0.337 e. The number of alkyl halides is 3. The second-order valence-corrected chi connectivity index (χ2v) is 6.56. The van der Waals surface area contributed by atoms with Gasteiger partial charge in [0.05, 0.1) is 18.0 Å². The number of nitrogens with two attached hydrogens (primary N) is 1. The Morgan fingerprint density at radius 2 is 1.93 bits per heavy atom. The van der Waals surface area contributed by atoms with E-state index < -0.39 is 17.8 Å². The average molecular weight is 388 g/mol. The van der Waals surface area contributed by atoms with Gasteiger partial charge in [0.2, 0.25) is 17.6 Å². The van der Waals surface area contributed by atoms with Crippen LogP contribution in [0.15, 0.2) is 47.0 Å². The molecule has 3 N–H and O–H groups in total. The van der Waals surface area contributed by atoms with E-state index in [1.807, 2.05) is 6.07 Å². The lowest BCUT2D eigenvalue weighted by atomic mass is 10.0. The predicted molar refractivity (Wildman–Crippen MR) is 94.1 cm³/mol. The number of benzene rings is 2. The van der Waals surface area contributed by atoms with Crippen molar-refractivity contribution in [1.29, 1.82) is 0 Å². The second kappa shape index (κ2) is 6.75. The van der Waals surface area contributed by atoms with E-state index in [1.165, 1.54) is 12.1 Å². The molecule has 144 valence electrons. The first-order valence-corrected chi connectivity index (χ1v) is 8.48. The van der Waals surface area contributed by atoms with Crippen LogP contribution in [0.2, 0.25) is 0 Å². The third-order valence-corrected chi connectivity index (χ3v) is 4.48. The minimum atomic E-state index is -4.38. The van der Waals surface area contributed by atoms with Crippen molar-refractivity contribution in [1.82, 2.24) is 10.1 Å². The van der Waals surface area contributed by atoms with Gasteiger partial charge in [0.15, 0.2) is 0 Å². The molecule has 0 radical (unpaired) electrons. The molecule has 1 aliphatic rings. The van der Waals surface area contributed by atoms with Crippen LogP contribution < -0.4 is 11.1 Å². The van der Waals surface area contributed by atoms with Crippen LogP contribution in [0, 0.1) is 0 Å². The highest BCUT2D eigenvalue weighted by molar-refractivity contribution is 5.99. The fraction of sp³-hybridized carbons (Fsp3) is 0.211. The fourth-order valence-electron chi connectivity index (χ4n) is 3.04. The summed E-state index contributed by atoms with van der Waals surface area (Å²) in [5, 5.41) is 6.67. The zero-order valence-corrected chi connectivity index (χ0v) is 14.5. The molecule has 1 aromatic heterocycles. The van der Waals surface area contributed by atoms with E-state index in [2.05, 4.69) is 15.5 Å². The lowest BCUT2D eigenvalue weighted by Gasteiger charge is -2.09. The molecular weight excluding hydrogens is 373 g/mol. The summed E-state index contributed by atoms with van der Waals surface area (Å²) in [6, 6.07) is 9.48. The summed E-state index contributed by atoms with van der Waals surface area (Å²) < 4.78 is 43.1. The molecule has 0 aliphatic carbocycles. The number of anilines is 1. The summed E-state index contributed by atoms with van der Waals surface area (Å²) in [5.74, 6) is 0.448. The predicted octanol–water partition coefficient (Wildman–Crippen LogP) is 3.49. The summed E-state index contributed by atoms with van der Waals surface area (Å²) in [6.45, 7) is 0. The zero-order chi connectivity index (χ0) is 19.9. The van der Waals surface area contributed by atoms with E-state index in [1.54, 1.807) is 12.1 Å². The van der Waals surface area contributed by atoms with Crippen LogP contribution in [0.4, 0.5) is 18.9 Å². The molecule has 1 unspecified atom stereocenters. The number of halogens is 3. The van der Waals surface area contributed by atoms with E-state index in [4.69, 9.17) is 10.3 Å². The first-order valence-electron chi connectivity index (χ1n) is 8.48. The van der Waals surface area contributed by atoms with Crippen LogP contribution in [0.25, 0.3) is 11.4 Å². The molecule has 4 rings (SSSR count). The van der Waals surface area contributed by atoms with Crippen molar-refractivity contribution in [3.05, 3.63) is 65.0 Å². The van der Waals surface area contributed by atoms with Crippen molar-refractivity contribution >= 4 is 11.6 Å². The SMILES string of the molecule is NC(Cc1ccc(C(F)(F)F)cc1)c1nc(-c2ccc3c(c2)CC(=O)N3)no1. The van der Waals surface area contributed by atoms with Crippen molar-refractivity contribution in [3.8, 4) is 11.4 Å². The van der Waals surface area contributed by atoms with Crippen LogP contribution in [-0.2, 0) is 23.8 Å². The number of carbonyl (C=O) groups is 1. The molecule has 1 atom stereocenters. The van der Waals surface area contributed by atoms with E-state index in [-0.39, 0.29) is 18.2 Å². The zero-order valence-electron chi connectivity index (χ0n) is 14.5. The summed E-state index contributed by atoms with van der Waals surface area (Å²) in [4.78, 5) is 15.7. The maximum atomic E-state index is 12.6. The molecule has 2 aromatic carbocycles. The van der Waals surface area contributed by atoms with Crippen LogP contribution in [0.3, 0.4) is 0 Å². The molecule has 28 heavy (non-hydrogen) atoms. The van der Waals surface area contributed by atoms with Gasteiger partial charge in [-0.3, -0.25) is 4.79 Å². The van der Waals surface area contributed by atoms with Gasteiger partial charge in [-0.15, -0.1) is 0 Å². The quantitative estimate of drug-likeness (QED) is 0.714. The fourth-order valence-corrected chi connectivity index (χ4v) is 3.04. The van der Waals surface area contributed by atoms with Gasteiger partial charge in [0.25, 0.3) is 0 Å². The maximum Gasteiger partial charge on any atom is 0.416 e. The lowest BCUT2D eigenvalue weighted by Crippen LogP contribution is -2.14. The van der Waals surface area contributed by atoms with E-state index in [9.17, 15) is 18.0 Å².